The molecule has 8 heteroatoms. The molecule has 0 saturated carbocycles. The summed E-state index contributed by atoms with van der Waals surface area (Å²) in [7, 11) is -3.52. The molecule has 0 heterocycles. The van der Waals surface area contributed by atoms with Crippen LogP contribution in [0.15, 0.2) is 42.5 Å². The van der Waals surface area contributed by atoms with Gasteiger partial charge in [0, 0.05) is 13.0 Å². The molecule has 0 atom stereocenters. The monoisotopic (exact) mass is 382 g/mol. The number of halogens is 2. The van der Waals surface area contributed by atoms with E-state index >= 15 is 0 Å². The lowest BCUT2D eigenvalue weighted by atomic mass is 10.2. The predicted molar refractivity (Wildman–Crippen MR) is 97.6 cm³/mol. The molecule has 0 bridgehead atoms. The highest BCUT2D eigenvalue weighted by Crippen LogP contribution is 2.21. The summed E-state index contributed by atoms with van der Waals surface area (Å²) in [4.78, 5) is 11.9. The van der Waals surface area contributed by atoms with Crippen molar-refractivity contribution < 1.29 is 22.0 Å². The SMILES string of the molecule is Cc1cccc(N(CCCC(=O)Nc2c(F)cccc2F)S(C)(=O)=O)c1. The molecule has 5 nitrogen and oxygen atoms in total. The van der Waals surface area contributed by atoms with Gasteiger partial charge < -0.3 is 5.32 Å². The number of amides is 1. The van der Waals surface area contributed by atoms with Crippen LogP contribution in [-0.2, 0) is 14.8 Å². The van der Waals surface area contributed by atoms with Crippen molar-refractivity contribution in [2.45, 2.75) is 19.8 Å². The minimum Gasteiger partial charge on any atom is -0.321 e. The van der Waals surface area contributed by atoms with E-state index in [1.807, 2.05) is 13.0 Å². The molecular formula is C18H20F2N2O3S. The lowest BCUT2D eigenvalue weighted by Gasteiger charge is -2.22. The van der Waals surface area contributed by atoms with Gasteiger partial charge in [0.05, 0.1) is 11.9 Å². The lowest BCUT2D eigenvalue weighted by Crippen LogP contribution is -2.31. The Morgan fingerprint density at radius 2 is 1.73 bits per heavy atom. The van der Waals surface area contributed by atoms with Crippen molar-refractivity contribution >= 4 is 27.3 Å². The van der Waals surface area contributed by atoms with E-state index in [4.69, 9.17) is 0 Å². The quantitative estimate of drug-likeness (QED) is 0.798. The van der Waals surface area contributed by atoms with Gasteiger partial charge in [0.1, 0.15) is 17.3 Å². The van der Waals surface area contributed by atoms with Crippen LogP contribution < -0.4 is 9.62 Å². The smallest absolute Gasteiger partial charge is 0.232 e. The van der Waals surface area contributed by atoms with E-state index in [-0.39, 0.29) is 19.4 Å². The molecule has 1 N–H and O–H groups in total. The molecule has 2 aromatic rings. The second-order valence-electron chi connectivity index (χ2n) is 5.92. The van der Waals surface area contributed by atoms with E-state index in [2.05, 4.69) is 5.32 Å². The third-order valence-corrected chi connectivity index (χ3v) is 4.88. The van der Waals surface area contributed by atoms with E-state index < -0.39 is 33.3 Å². The number of hydrogen-bond acceptors (Lipinski definition) is 3. The van der Waals surface area contributed by atoms with Gasteiger partial charge in [0.15, 0.2) is 0 Å². The van der Waals surface area contributed by atoms with E-state index in [1.54, 1.807) is 18.2 Å². The van der Waals surface area contributed by atoms with Gasteiger partial charge >= 0.3 is 0 Å². The molecule has 0 aliphatic rings. The molecule has 2 rings (SSSR count). The first-order chi connectivity index (χ1) is 12.2. The summed E-state index contributed by atoms with van der Waals surface area (Å²) < 4.78 is 52.3. The average molecular weight is 382 g/mol. The molecule has 140 valence electrons. The van der Waals surface area contributed by atoms with Crippen molar-refractivity contribution in [1.29, 1.82) is 0 Å². The fourth-order valence-electron chi connectivity index (χ4n) is 2.47. The zero-order valence-corrected chi connectivity index (χ0v) is 15.3. The largest absolute Gasteiger partial charge is 0.321 e. The molecule has 1 amide bonds. The van der Waals surface area contributed by atoms with Gasteiger partial charge in [-0.3, -0.25) is 9.10 Å². The summed E-state index contributed by atoms with van der Waals surface area (Å²) in [5.41, 5.74) is 0.910. The number of carbonyl (C=O) groups is 1. The Hall–Kier alpha value is -2.48. The molecule has 0 aliphatic carbocycles. The van der Waals surface area contributed by atoms with Crippen LogP contribution in [0.1, 0.15) is 18.4 Å². The third-order valence-electron chi connectivity index (χ3n) is 3.68. The number of rotatable bonds is 7. The van der Waals surface area contributed by atoms with E-state index in [0.29, 0.717) is 5.69 Å². The summed E-state index contributed by atoms with van der Waals surface area (Å²) in [6, 6.07) is 10.3. The molecule has 0 radical (unpaired) electrons. The summed E-state index contributed by atoms with van der Waals surface area (Å²) in [6.45, 7) is 1.93. The number of sulfonamides is 1. The minimum atomic E-state index is -3.52. The number of hydrogen-bond donors (Lipinski definition) is 1. The first kappa shape index (κ1) is 19.8. The molecule has 0 aliphatic heterocycles. The fourth-order valence-corrected chi connectivity index (χ4v) is 3.43. The third kappa shape index (κ3) is 5.26. The number of carbonyl (C=O) groups excluding carboxylic acids is 1. The van der Waals surface area contributed by atoms with Crippen LogP contribution in [0.2, 0.25) is 0 Å². The van der Waals surface area contributed by atoms with Crippen molar-refractivity contribution in [2.75, 3.05) is 22.4 Å². The highest BCUT2D eigenvalue weighted by molar-refractivity contribution is 7.92. The zero-order valence-electron chi connectivity index (χ0n) is 14.5. The number of para-hydroxylation sites is 1. The first-order valence-corrected chi connectivity index (χ1v) is 9.81. The standard InChI is InChI=1S/C18H20F2N2O3S/c1-13-6-3-7-14(12-13)22(26(2,24)25)11-5-10-17(23)21-18-15(19)8-4-9-16(18)20/h3-4,6-9,12H,5,10-11H2,1-2H3,(H,21,23). The van der Waals surface area contributed by atoms with Crippen molar-refractivity contribution in [1.82, 2.24) is 0 Å². The molecule has 0 aromatic heterocycles. The van der Waals surface area contributed by atoms with Crippen molar-refractivity contribution in [3.63, 3.8) is 0 Å². The molecule has 2 aromatic carbocycles. The van der Waals surface area contributed by atoms with Crippen molar-refractivity contribution in [3.8, 4) is 0 Å². The van der Waals surface area contributed by atoms with Crippen LogP contribution in [0.3, 0.4) is 0 Å². The van der Waals surface area contributed by atoms with Crippen LogP contribution >= 0.6 is 0 Å². The Labute approximate surface area is 151 Å². The van der Waals surface area contributed by atoms with E-state index in [9.17, 15) is 22.0 Å². The Balaban J connectivity index is 2.00. The normalized spacial score (nSPS) is 11.2. The number of anilines is 2. The Bertz CT molecular complexity index is 881. The van der Waals surface area contributed by atoms with Gasteiger partial charge in [-0.1, -0.05) is 18.2 Å². The molecule has 0 unspecified atom stereocenters. The number of nitrogens with one attached hydrogen (secondary N) is 1. The Morgan fingerprint density at radius 1 is 1.12 bits per heavy atom. The Kier molecular flexibility index (Phi) is 6.31. The predicted octanol–water partition coefficient (Wildman–Crippen LogP) is 3.46. The second kappa shape index (κ2) is 8.27. The zero-order chi connectivity index (χ0) is 19.3. The first-order valence-electron chi connectivity index (χ1n) is 7.97. The number of nitrogens with zero attached hydrogens (tertiary/aromatic N) is 1. The van der Waals surface area contributed by atoms with Gasteiger partial charge in [0.2, 0.25) is 15.9 Å². The number of benzene rings is 2. The lowest BCUT2D eigenvalue weighted by molar-refractivity contribution is -0.116. The maximum atomic E-state index is 13.5. The highest BCUT2D eigenvalue weighted by Gasteiger charge is 2.18. The maximum Gasteiger partial charge on any atom is 0.232 e. The molecule has 0 saturated heterocycles. The van der Waals surface area contributed by atoms with Crippen LogP contribution in [0.5, 0.6) is 0 Å². The summed E-state index contributed by atoms with van der Waals surface area (Å²) in [5, 5.41) is 2.18. The van der Waals surface area contributed by atoms with Crippen LogP contribution in [0.4, 0.5) is 20.2 Å². The average Bonchev–Trinajstić information content (AvgIpc) is 2.54. The Morgan fingerprint density at radius 3 is 2.31 bits per heavy atom. The molecule has 26 heavy (non-hydrogen) atoms. The van der Waals surface area contributed by atoms with Crippen molar-refractivity contribution in [2.24, 2.45) is 0 Å². The van der Waals surface area contributed by atoms with Crippen molar-refractivity contribution in [3.05, 3.63) is 59.7 Å². The van der Waals surface area contributed by atoms with Crippen LogP contribution in [-0.4, -0.2) is 27.1 Å². The molecule has 0 spiro atoms. The fraction of sp³-hybridized carbons (Fsp3) is 0.278. The van der Waals surface area contributed by atoms with Gasteiger partial charge in [0.25, 0.3) is 0 Å². The topological polar surface area (TPSA) is 66.5 Å². The minimum absolute atomic E-state index is 0.0778. The van der Waals surface area contributed by atoms with Gasteiger partial charge in [-0.05, 0) is 43.2 Å². The second-order valence-corrected chi connectivity index (χ2v) is 7.83. The number of aryl methyl sites for hydroxylation is 1. The maximum absolute atomic E-state index is 13.5. The van der Waals surface area contributed by atoms with Gasteiger partial charge in [-0.15, -0.1) is 0 Å². The van der Waals surface area contributed by atoms with Gasteiger partial charge in [-0.2, -0.15) is 0 Å². The van der Waals surface area contributed by atoms with E-state index in [0.717, 1.165) is 24.0 Å². The van der Waals surface area contributed by atoms with Crippen LogP contribution in [0.25, 0.3) is 0 Å². The summed E-state index contributed by atoms with van der Waals surface area (Å²) >= 11 is 0. The van der Waals surface area contributed by atoms with Gasteiger partial charge in [-0.25, -0.2) is 17.2 Å². The van der Waals surface area contributed by atoms with E-state index in [1.165, 1.54) is 10.4 Å². The van der Waals surface area contributed by atoms with Crippen LogP contribution in [0, 0.1) is 18.6 Å². The highest BCUT2D eigenvalue weighted by atomic mass is 32.2. The molecular weight excluding hydrogens is 362 g/mol. The molecule has 0 fully saturated rings. The summed E-state index contributed by atoms with van der Waals surface area (Å²) in [5.74, 6) is -2.32. The summed E-state index contributed by atoms with van der Waals surface area (Å²) in [6.07, 6.45) is 1.21.